The van der Waals surface area contributed by atoms with Gasteiger partial charge in [0.05, 0.1) is 5.69 Å². The van der Waals surface area contributed by atoms with Crippen LogP contribution in [0.5, 0.6) is 5.75 Å². The lowest BCUT2D eigenvalue weighted by Crippen LogP contribution is -2.27. The van der Waals surface area contributed by atoms with Gasteiger partial charge < -0.3 is 14.7 Å². The van der Waals surface area contributed by atoms with E-state index in [4.69, 9.17) is 9.84 Å². The van der Waals surface area contributed by atoms with E-state index in [-0.39, 0.29) is 5.71 Å². The second-order valence-electron chi connectivity index (χ2n) is 3.47. The van der Waals surface area contributed by atoms with Crippen molar-refractivity contribution in [1.29, 1.82) is 0 Å². The fraction of sp³-hybridized carbons (Fsp3) is 0.0909. The van der Waals surface area contributed by atoms with Gasteiger partial charge in [-0.15, -0.1) is 0 Å². The summed E-state index contributed by atoms with van der Waals surface area (Å²) < 4.78 is 5.37. The quantitative estimate of drug-likeness (QED) is 0.766. The maximum absolute atomic E-state index is 10.9. The molecule has 1 N–H and O–H groups in total. The van der Waals surface area contributed by atoms with Crippen LogP contribution < -0.4 is 9.64 Å². The summed E-state index contributed by atoms with van der Waals surface area (Å²) in [4.78, 5) is 16.7. The molecule has 1 aromatic rings. The maximum Gasteiger partial charge on any atom is 0.356 e. The Morgan fingerprint density at radius 3 is 3.06 bits per heavy atom. The van der Waals surface area contributed by atoms with Crippen LogP contribution in [0, 0.1) is 0 Å². The Bertz CT molecular complexity index is 534. The van der Waals surface area contributed by atoms with E-state index in [9.17, 15) is 4.79 Å². The van der Waals surface area contributed by atoms with Gasteiger partial charge in [-0.2, -0.15) is 0 Å². The van der Waals surface area contributed by atoms with Gasteiger partial charge in [0, 0.05) is 0 Å². The summed E-state index contributed by atoms with van der Waals surface area (Å²) in [5.74, 6) is -0.315. The Balaban J connectivity index is 2.05. The van der Waals surface area contributed by atoms with Gasteiger partial charge in [0.2, 0.25) is 0 Å². The molecule has 5 nitrogen and oxygen atoms in total. The fourth-order valence-corrected chi connectivity index (χ4v) is 1.83. The third-order valence-electron chi connectivity index (χ3n) is 2.56. The van der Waals surface area contributed by atoms with Gasteiger partial charge in [-0.25, -0.2) is 4.79 Å². The van der Waals surface area contributed by atoms with Crippen LogP contribution in [-0.4, -0.2) is 23.5 Å². The molecule has 5 heteroatoms. The molecule has 0 aromatic heterocycles. The molecule has 2 heterocycles. The van der Waals surface area contributed by atoms with Gasteiger partial charge in [-0.05, 0) is 12.1 Å². The summed E-state index contributed by atoms with van der Waals surface area (Å²) >= 11 is 0. The first-order valence-corrected chi connectivity index (χ1v) is 4.79. The van der Waals surface area contributed by atoms with Crippen LogP contribution in [0.2, 0.25) is 0 Å². The SMILES string of the molecule is O=C(O)C1=NCN2C1=COc1ccccc12. The molecule has 0 radical (unpaired) electrons. The fourth-order valence-electron chi connectivity index (χ4n) is 1.83. The molecule has 2 aliphatic rings. The van der Waals surface area contributed by atoms with E-state index in [2.05, 4.69) is 4.99 Å². The molecule has 80 valence electrons. The molecule has 16 heavy (non-hydrogen) atoms. The maximum atomic E-state index is 10.9. The molecule has 3 rings (SSSR count). The highest BCUT2D eigenvalue weighted by Crippen LogP contribution is 2.36. The van der Waals surface area contributed by atoms with Gasteiger partial charge in [-0.1, -0.05) is 12.1 Å². The van der Waals surface area contributed by atoms with Crippen LogP contribution in [0.3, 0.4) is 0 Å². The van der Waals surface area contributed by atoms with Crippen molar-refractivity contribution in [1.82, 2.24) is 0 Å². The first kappa shape index (κ1) is 8.96. The number of ether oxygens (including phenoxy) is 1. The van der Waals surface area contributed by atoms with Crippen molar-refractivity contribution in [3.63, 3.8) is 0 Å². The summed E-state index contributed by atoms with van der Waals surface area (Å²) in [6, 6.07) is 7.46. The number of rotatable bonds is 1. The van der Waals surface area contributed by atoms with E-state index in [1.165, 1.54) is 6.26 Å². The van der Waals surface area contributed by atoms with E-state index in [1.807, 2.05) is 29.2 Å². The molecular weight excluding hydrogens is 208 g/mol. The number of fused-ring (bicyclic) bond motifs is 3. The molecule has 0 aliphatic carbocycles. The van der Waals surface area contributed by atoms with E-state index in [1.54, 1.807) is 0 Å². The number of carboxylic acids is 1. The van der Waals surface area contributed by atoms with Gasteiger partial charge in [0.25, 0.3) is 0 Å². The largest absolute Gasteiger partial charge is 0.476 e. The molecule has 1 aromatic carbocycles. The van der Waals surface area contributed by atoms with Crippen molar-refractivity contribution in [3.8, 4) is 5.75 Å². The Morgan fingerprint density at radius 1 is 1.44 bits per heavy atom. The van der Waals surface area contributed by atoms with Crippen molar-refractivity contribution in [2.24, 2.45) is 4.99 Å². The first-order chi connectivity index (χ1) is 7.77. The molecule has 0 saturated heterocycles. The smallest absolute Gasteiger partial charge is 0.356 e. The van der Waals surface area contributed by atoms with Crippen molar-refractivity contribution < 1.29 is 14.6 Å². The molecule has 0 saturated carbocycles. The highest BCUT2D eigenvalue weighted by molar-refractivity contribution is 6.44. The van der Waals surface area contributed by atoms with Crippen LogP contribution in [0.4, 0.5) is 5.69 Å². The summed E-state index contributed by atoms with van der Waals surface area (Å²) in [6.07, 6.45) is 1.43. The standard InChI is InChI=1S/C11H8N2O3/c14-11(15)10-8-5-16-9-4-2-1-3-7(9)13(8)6-12-10/h1-5H,6H2,(H,14,15). The Labute approximate surface area is 91.3 Å². The van der Waals surface area contributed by atoms with E-state index in [0.717, 1.165) is 5.69 Å². The number of benzene rings is 1. The minimum atomic E-state index is -1.03. The zero-order valence-corrected chi connectivity index (χ0v) is 8.25. The molecule has 0 unspecified atom stereocenters. The summed E-state index contributed by atoms with van der Waals surface area (Å²) in [6.45, 7) is 0.327. The predicted octanol–water partition coefficient (Wildman–Crippen LogP) is 1.22. The van der Waals surface area contributed by atoms with Crippen LogP contribution in [0.1, 0.15) is 0 Å². The highest BCUT2D eigenvalue weighted by atomic mass is 16.5. The van der Waals surface area contributed by atoms with Gasteiger partial charge in [-0.3, -0.25) is 4.99 Å². The summed E-state index contributed by atoms with van der Waals surface area (Å²) in [7, 11) is 0. The lowest BCUT2D eigenvalue weighted by atomic mass is 10.2. The lowest BCUT2D eigenvalue weighted by molar-refractivity contribution is -0.129. The number of aliphatic imine (C=N–C) groups is 1. The summed E-state index contributed by atoms with van der Waals surface area (Å²) in [5.41, 5.74) is 1.40. The number of hydrogen-bond acceptors (Lipinski definition) is 4. The second kappa shape index (κ2) is 3.10. The number of para-hydroxylation sites is 2. The topological polar surface area (TPSA) is 62.1 Å². The van der Waals surface area contributed by atoms with Gasteiger partial charge >= 0.3 is 5.97 Å². The number of nitrogens with zero attached hydrogens (tertiary/aromatic N) is 2. The van der Waals surface area contributed by atoms with E-state index >= 15 is 0 Å². The monoisotopic (exact) mass is 216 g/mol. The number of carbonyl (C=O) groups is 1. The number of hydrogen-bond donors (Lipinski definition) is 1. The average molecular weight is 216 g/mol. The van der Waals surface area contributed by atoms with E-state index in [0.29, 0.717) is 18.1 Å². The van der Waals surface area contributed by atoms with Crippen LogP contribution in [-0.2, 0) is 4.79 Å². The minimum Gasteiger partial charge on any atom is -0.476 e. The van der Waals surface area contributed by atoms with Crippen LogP contribution in [0.15, 0.2) is 41.2 Å². The zero-order chi connectivity index (χ0) is 11.1. The third kappa shape index (κ3) is 1.11. The molecule has 0 amide bonds. The molecule has 0 atom stereocenters. The number of carboxylic acid groups (broad SMARTS) is 1. The molecule has 0 spiro atoms. The Morgan fingerprint density at radius 2 is 2.25 bits per heavy atom. The van der Waals surface area contributed by atoms with Gasteiger partial charge in [0.1, 0.15) is 24.4 Å². The van der Waals surface area contributed by atoms with E-state index < -0.39 is 5.97 Å². The predicted molar refractivity (Wildman–Crippen MR) is 57.6 cm³/mol. The normalized spacial score (nSPS) is 16.9. The van der Waals surface area contributed by atoms with Crippen molar-refractivity contribution in [3.05, 3.63) is 36.2 Å². The third-order valence-corrected chi connectivity index (χ3v) is 2.56. The number of anilines is 1. The van der Waals surface area contributed by atoms with Gasteiger partial charge in [0.15, 0.2) is 5.71 Å². The van der Waals surface area contributed by atoms with Crippen LogP contribution >= 0.6 is 0 Å². The van der Waals surface area contributed by atoms with Crippen molar-refractivity contribution in [2.75, 3.05) is 11.6 Å². The van der Waals surface area contributed by atoms with Crippen LogP contribution in [0.25, 0.3) is 0 Å². The van der Waals surface area contributed by atoms with Crippen molar-refractivity contribution in [2.45, 2.75) is 0 Å². The molecule has 2 aliphatic heterocycles. The zero-order valence-electron chi connectivity index (χ0n) is 8.25. The minimum absolute atomic E-state index is 0.0505. The average Bonchev–Trinajstić information content (AvgIpc) is 2.73. The molecule has 0 bridgehead atoms. The lowest BCUT2D eigenvalue weighted by Gasteiger charge is -2.25. The molecule has 0 fully saturated rings. The summed E-state index contributed by atoms with van der Waals surface area (Å²) in [5, 5.41) is 8.95. The Hall–Kier alpha value is -2.30. The first-order valence-electron chi connectivity index (χ1n) is 4.79. The van der Waals surface area contributed by atoms with Crippen molar-refractivity contribution >= 4 is 17.4 Å². The Kier molecular flexibility index (Phi) is 1.73. The number of aliphatic carboxylic acids is 1. The second-order valence-corrected chi connectivity index (χ2v) is 3.47. The highest BCUT2D eigenvalue weighted by Gasteiger charge is 2.32. The molecular formula is C11H8N2O3.